The van der Waals surface area contributed by atoms with Gasteiger partial charge in [-0.15, -0.1) is 23.1 Å². The highest BCUT2D eigenvalue weighted by molar-refractivity contribution is 7.98. The normalized spacial score (nSPS) is 12.4. The molecule has 0 aliphatic heterocycles. The van der Waals surface area contributed by atoms with Gasteiger partial charge in [-0.25, -0.2) is 4.98 Å². The lowest BCUT2D eigenvalue weighted by Gasteiger charge is -2.04. The minimum absolute atomic E-state index is 0.244. The van der Waals surface area contributed by atoms with Crippen LogP contribution in [0.5, 0.6) is 0 Å². The zero-order chi connectivity index (χ0) is 18.0. The van der Waals surface area contributed by atoms with Gasteiger partial charge >= 0.3 is 6.18 Å². The zero-order valence-electron chi connectivity index (χ0n) is 13.0. The number of allylic oxidation sites excluding steroid dienone is 1. The summed E-state index contributed by atoms with van der Waals surface area (Å²) in [6, 6.07) is 13.2. The number of rotatable bonds is 3. The molecule has 0 fully saturated rings. The lowest BCUT2D eigenvalue weighted by atomic mass is 10.1. The van der Waals surface area contributed by atoms with Crippen LogP contribution < -0.4 is 0 Å². The second-order valence-electron chi connectivity index (χ2n) is 5.14. The maximum atomic E-state index is 12.8. The molecule has 0 saturated heterocycles. The Morgan fingerprint density at radius 2 is 1.92 bits per heavy atom. The number of nitrogens with zero attached hydrogens (tertiary/aromatic N) is 2. The highest BCUT2D eigenvalue weighted by Gasteiger charge is 2.30. The molecule has 1 aromatic heterocycles. The Kier molecular flexibility index (Phi) is 4.84. The predicted octanol–water partition coefficient (Wildman–Crippen LogP) is 6.10. The first-order chi connectivity index (χ1) is 11.9. The summed E-state index contributed by atoms with van der Waals surface area (Å²) in [6.07, 6.45) is -0.751. The molecule has 2 nitrogen and oxygen atoms in total. The molecule has 126 valence electrons. The van der Waals surface area contributed by atoms with Gasteiger partial charge in [-0.05, 0) is 48.2 Å². The third kappa shape index (κ3) is 3.86. The first-order valence-corrected chi connectivity index (χ1v) is 9.19. The summed E-state index contributed by atoms with van der Waals surface area (Å²) in [5.74, 6) is 0. The van der Waals surface area contributed by atoms with Crippen molar-refractivity contribution in [3.05, 3.63) is 58.6 Å². The van der Waals surface area contributed by atoms with Crippen molar-refractivity contribution in [2.45, 2.75) is 11.1 Å². The summed E-state index contributed by atoms with van der Waals surface area (Å²) in [4.78, 5) is 5.32. The first kappa shape index (κ1) is 17.5. The van der Waals surface area contributed by atoms with E-state index in [-0.39, 0.29) is 5.52 Å². The highest BCUT2D eigenvalue weighted by atomic mass is 32.2. The number of halogens is 3. The van der Waals surface area contributed by atoms with E-state index in [0.29, 0.717) is 15.3 Å². The molecule has 2 aromatic carbocycles. The van der Waals surface area contributed by atoms with Crippen molar-refractivity contribution >= 4 is 45.0 Å². The smallest absolute Gasteiger partial charge is 0.235 e. The third-order valence-corrected chi connectivity index (χ3v) is 5.31. The molecule has 7 heteroatoms. The van der Waals surface area contributed by atoms with E-state index < -0.39 is 11.7 Å². The molecule has 0 aliphatic carbocycles. The molecule has 0 bridgehead atoms. The molecule has 0 N–H and O–H groups in total. The number of thioether (sulfide) groups is 1. The van der Waals surface area contributed by atoms with E-state index in [0.717, 1.165) is 22.6 Å². The van der Waals surface area contributed by atoms with Crippen LogP contribution in [0.3, 0.4) is 0 Å². The standard InChI is InChI=1S/C18H11F3N2S2/c1-24-14-5-2-11(3-6-14)8-12(10-22)17-23-15-9-13(18(19,20)21)4-7-16(15)25-17/h2-9H,1H3/b12-8-. The van der Waals surface area contributed by atoms with Gasteiger partial charge in [0.1, 0.15) is 11.1 Å². The molecule has 0 radical (unpaired) electrons. The fourth-order valence-electron chi connectivity index (χ4n) is 2.23. The minimum atomic E-state index is -4.41. The van der Waals surface area contributed by atoms with Gasteiger partial charge in [-0.2, -0.15) is 18.4 Å². The molecule has 3 aromatic rings. The Morgan fingerprint density at radius 1 is 1.20 bits per heavy atom. The Balaban J connectivity index is 2.00. The number of hydrogen-bond donors (Lipinski definition) is 0. The summed E-state index contributed by atoms with van der Waals surface area (Å²) in [5.41, 5.74) is 0.664. The SMILES string of the molecule is CSc1ccc(/C=C(/C#N)c2nc3cc(C(F)(F)F)ccc3s2)cc1. The third-order valence-electron chi connectivity index (χ3n) is 3.49. The number of fused-ring (bicyclic) bond motifs is 1. The van der Waals surface area contributed by atoms with E-state index in [1.165, 1.54) is 17.4 Å². The number of benzene rings is 2. The zero-order valence-corrected chi connectivity index (χ0v) is 14.6. The lowest BCUT2D eigenvalue weighted by Crippen LogP contribution is -2.03. The molecule has 0 amide bonds. The molecule has 25 heavy (non-hydrogen) atoms. The first-order valence-electron chi connectivity index (χ1n) is 7.15. The molecule has 1 heterocycles. The van der Waals surface area contributed by atoms with Gasteiger partial charge in [0.05, 0.1) is 21.4 Å². The second-order valence-corrected chi connectivity index (χ2v) is 7.05. The van der Waals surface area contributed by atoms with Crippen LogP contribution in [-0.4, -0.2) is 11.2 Å². The van der Waals surface area contributed by atoms with Crippen LogP contribution in [0.15, 0.2) is 47.4 Å². The van der Waals surface area contributed by atoms with Gasteiger partial charge in [0, 0.05) is 4.90 Å². The molecule has 0 atom stereocenters. The monoisotopic (exact) mass is 376 g/mol. The second kappa shape index (κ2) is 6.90. The fraction of sp³-hybridized carbons (Fsp3) is 0.111. The summed E-state index contributed by atoms with van der Waals surface area (Å²) in [6.45, 7) is 0. The van der Waals surface area contributed by atoms with Crippen LogP contribution in [0.4, 0.5) is 13.2 Å². The van der Waals surface area contributed by atoms with Gasteiger partial charge in [0.2, 0.25) is 0 Å². The number of nitriles is 1. The maximum absolute atomic E-state index is 12.8. The number of aromatic nitrogens is 1. The van der Waals surface area contributed by atoms with Crippen molar-refractivity contribution < 1.29 is 13.2 Å². The molecule has 0 saturated carbocycles. The van der Waals surface area contributed by atoms with Crippen LogP contribution in [0.1, 0.15) is 16.1 Å². The van der Waals surface area contributed by atoms with Crippen molar-refractivity contribution in [2.75, 3.05) is 6.26 Å². The Labute approximate surface area is 150 Å². The van der Waals surface area contributed by atoms with Crippen LogP contribution in [0.25, 0.3) is 21.9 Å². The van der Waals surface area contributed by atoms with E-state index in [9.17, 15) is 18.4 Å². The fourth-order valence-corrected chi connectivity index (χ4v) is 3.55. The summed E-state index contributed by atoms with van der Waals surface area (Å²) in [7, 11) is 0. The quantitative estimate of drug-likeness (QED) is 0.409. The summed E-state index contributed by atoms with van der Waals surface area (Å²) < 4.78 is 39.0. The largest absolute Gasteiger partial charge is 0.416 e. The Morgan fingerprint density at radius 3 is 2.52 bits per heavy atom. The number of hydrogen-bond acceptors (Lipinski definition) is 4. The number of alkyl halides is 3. The predicted molar refractivity (Wildman–Crippen MR) is 96.3 cm³/mol. The van der Waals surface area contributed by atoms with E-state index in [4.69, 9.17) is 0 Å². The molecule has 0 unspecified atom stereocenters. The van der Waals surface area contributed by atoms with Crippen molar-refractivity contribution in [2.24, 2.45) is 0 Å². The Bertz CT molecular complexity index is 980. The van der Waals surface area contributed by atoms with Crippen molar-refractivity contribution in [1.29, 1.82) is 5.26 Å². The van der Waals surface area contributed by atoms with Gasteiger partial charge in [-0.1, -0.05) is 12.1 Å². The molecule has 3 rings (SSSR count). The maximum Gasteiger partial charge on any atom is 0.416 e. The molecular weight excluding hydrogens is 365 g/mol. The van der Waals surface area contributed by atoms with Crippen LogP contribution in [0, 0.1) is 11.3 Å². The van der Waals surface area contributed by atoms with Gasteiger partial charge in [-0.3, -0.25) is 0 Å². The van der Waals surface area contributed by atoms with Crippen molar-refractivity contribution in [3.8, 4) is 6.07 Å². The summed E-state index contributed by atoms with van der Waals surface area (Å²) >= 11 is 2.82. The average Bonchev–Trinajstić information content (AvgIpc) is 3.02. The Hall–Kier alpha value is -2.30. The summed E-state index contributed by atoms with van der Waals surface area (Å²) in [5, 5.41) is 9.82. The minimum Gasteiger partial charge on any atom is -0.235 e. The average molecular weight is 376 g/mol. The van der Waals surface area contributed by atoms with E-state index in [1.54, 1.807) is 17.8 Å². The van der Waals surface area contributed by atoms with Gasteiger partial charge < -0.3 is 0 Å². The number of thiazole rings is 1. The lowest BCUT2D eigenvalue weighted by molar-refractivity contribution is -0.137. The van der Waals surface area contributed by atoms with Crippen LogP contribution in [0.2, 0.25) is 0 Å². The molecule has 0 spiro atoms. The highest BCUT2D eigenvalue weighted by Crippen LogP contribution is 2.34. The van der Waals surface area contributed by atoms with Gasteiger partial charge in [0.15, 0.2) is 0 Å². The van der Waals surface area contributed by atoms with Crippen molar-refractivity contribution in [1.82, 2.24) is 4.98 Å². The van der Waals surface area contributed by atoms with Gasteiger partial charge in [0.25, 0.3) is 0 Å². The van der Waals surface area contributed by atoms with Crippen molar-refractivity contribution in [3.63, 3.8) is 0 Å². The van der Waals surface area contributed by atoms with Crippen LogP contribution >= 0.6 is 23.1 Å². The molecule has 0 aliphatic rings. The molecular formula is C18H11F3N2S2. The van der Waals surface area contributed by atoms with E-state index >= 15 is 0 Å². The van der Waals surface area contributed by atoms with E-state index in [2.05, 4.69) is 11.1 Å². The van der Waals surface area contributed by atoms with Crippen LogP contribution in [-0.2, 0) is 6.18 Å². The van der Waals surface area contributed by atoms with E-state index in [1.807, 2.05) is 30.5 Å². The topological polar surface area (TPSA) is 36.7 Å².